The SMILES string of the molecule is Cc1ccc(S(=O)(=O)O[C@H]2[C@@H](O)[C@H](c3cn(C)c(=O)[nH]c3=O)O[C@@H]2CO)cc1. The van der Waals surface area contributed by atoms with E-state index in [4.69, 9.17) is 8.92 Å². The van der Waals surface area contributed by atoms with Crippen LogP contribution in [0.25, 0.3) is 0 Å². The van der Waals surface area contributed by atoms with Gasteiger partial charge in [0.1, 0.15) is 24.4 Å². The molecule has 1 fully saturated rings. The zero-order chi connectivity index (χ0) is 20.6. The zero-order valence-electron chi connectivity index (χ0n) is 15.1. The van der Waals surface area contributed by atoms with Crippen LogP contribution in [0.2, 0.25) is 0 Å². The second-order valence-corrected chi connectivity index (χ2v) is 8.12. The molecule has 1 saturated heterocycles. The highest BCUT2D eigenvalue weighted by Crippen LogP contribution is 2.35. The number of H-pyrrole nitrogens is 1. The number of hydrogen-bond donors (Lipinski definition) is 3. The maximum atomic E-state index is 12.5. The monoisotopic (exact) mass is 412 g/mol. The minimum Gasteiger partial charge on any atom is -0.394 e. The van der Waals surface area contributed by atoms with Crippen LogP contribution in [0, 0.1) is 6.92 Å². The second kappa shape index (κ2) is 7.60. The molecule has 11 heteroatoms. The molecule has 3 N–H and O–H groups in total. The summed E-state index contributed by atoms with van der Waals surface area (Å²) >= 11 is 0. The Morgan fingerprint density at radius 3 is 2.50 bits per heavy atom. The van der Waals surface area contributed by atoms with Gasteiger partial charge in [-0.2, -0.15) is 8.42 Å². The van der Waals surface area contributed by atoms with Crippen molar-refractivity contribution < 1.29 is 27.6 Å². The van der Waals surface area contributed by atoms with E-state index in [1.54, 1.807) is 19.1 Å². The fraction of sp³-hybridized carbons (Fsp3) is 0.412. The van der Waals surface area contributed by atoms with Crippen molar-refractivity contribution in [2.24, 2.45) is 7.05 Å². The van der Waals surface area contributed by atoms with E-state index in [0.717, 1.165) is 10.1 Å². The Hall–Kier alpha value is -2.31. The first-order valence-corrected chi connectivity index (χ1v) is 9.79. The van der Waals surface area contributed by atoms with Crippen molar-refractivity contribution in [3.8, 4) is 0 Å². The van der Waals surface area contributed by atoms with Crippen LogP contribution < -0.4 is 11.2 Å². The van der Waals surface area contributed by atoms with Gasteiger partial charge < -0.3 is 19.5 Å². The number of rotatable bonds is 5. The summed E-state index contributed by atoms with van der Waals surface area (Å²) in [6, 6.07) is 5.90. The van der Waals surface area contributed by atoms with Crippen LogP contribution in [0.3, 0.4) is 0 Å². The Labute approximate surface area is 160 Å². The van der Waals surface area contributed by atoms with Gasteiger partial charge in [-0.1, -0.05) is 17.7 Å². The quantitative estimate of drug-likeness (QED) is 0.527. The largest absolute Gasteiger partial charge is 0.394 e. The summed E-state index contributed by atoms with van der Waals surface area (Å²) in [5.41, 5.74) is -0.683. The molecule has 0 saturated carbocycles. The Balaban J connectivity index is 1.92. The molecule has 0 unspecified atom stereocenters. The van der Waals surface area contributed by atoms with Crippen LogP contribution in [0.15, 0.2) is 44.9 Å². The van der Waals surface area contributed by atoms with Crippen LogP contribution in [0.1, 0.15) is 17.2 Å². The molecular formula is C17H20N2O8S. The molecular weight excluding hydrogens is 392 g/mol. The predicted octanol–water partition coefficient (Wildman–Crippen LogP) is -1.05. The summed E-state index contributed by atoms with van der Waals surface area (Å²) < 4.78 is 36.8. The van der Waals surface area contributed by atoms with E-state index in [1.165, 1.54) is 25.4 Å². The number of hydrogen-bond acceptors (Lipinski definition) is 8. The molecule has 2 aromatic rings. The van der Waals surface area contributed by atoms with E-state index >= 15 is 0 Å². The van der Waals surface area contributed by atoms with Gasteiger partial charge in [0.25, 0.3) is 15.7 Å². The minimum absolute atomic E-state index is 0.0908. The van der Waals surface area contributed by atoms with Gasteiger partial charge in [0.2, 0.25) is 0 Å². The summed E-state index contributed by atoms with van der Waals surface area (Å²) in [6.45, 7) is 1.15. The molecule has 0 aliphatic carbocycles. The highest BCUT2D eigenvalue weighted by molar-refractivity contribution is 7.86. The van der Waals surface area contributed by atoms with Crippen LogP contribution in [-0.2, 0) is 26.1 Å². The van der Waals surface area contributed by atoms with E-state index in [1.807, 2.05) is 0 Å². The van der Waals surface area contributed by atoms with Gasteiger partial charge >= 0.3 is 5.69 Å². The molecule has 0 spiro atoms. The third-order valence-corrected chi connectivity index (χ3v) is 5.83. The van der Waals surface area contributed by atoms with Crippen molar-refractivity contribution >= 4 is 10.1 Å². The third-order valence-electron chi connectivity index (χ3n) is 4.50. The molecule has 2 heterocycles. The Morgan fingerprint density at radius 2 is 1.89 bits per heavy atom. The number of aryl methyl sites for hydroxylation is 2. The number of nitrogens with zero attached hydrogens (tertiary/aromatic N) is 1. The molecule has 152 valence electrons. The Bertz CT molecular complexity index is 1070. The van der Waals surface area contributed by atoms with Crippen LogP contribution in [0.4, 0.5) is 0 Å². The van der Waals surface area contributed by atoms with Gasteiger partial charge in [0.05, 0.1) is 17.1 Å². The summed E-state index contributed by atoms with van der Waals surface area (Å²) in [4.78, 5) is 25.5. The summed E-state index contributed by atoms with van der Waals surface area (Å²) in [7, 11) is -2.87. The smallest absolute Gasteiger partial charge is 0.328 e. The number of aliphatic hydroxyl groups is 2. The van der Waals surface area contributed by atoms with Gasteiger partial charge in [-0.15, -0.1) is 0 Å². The Kier molecular flexibility index (Phi) is 5.55. The topological polar surface area (TPSA) is 148 Å². The van der Waals surface area contributed by atoms with Gasteiger partial charge in [-0.25, -0.2) is 4.79 Å². The van der Waals surface area contributed by atoms with Crippen molar-refractivity contribution in [2.45, 2.75) is 36.2 Å². The summed E-state index contributed by atoms with van der Waals surface area (Å²) in [5, 5.41) is 20.1. The average molecular weight is 412 g/mol. The van der Waals surface area contributed by atoms with Crippen molar-refractivity contribution in [2.75, 3.05) is 6.61 Å². The highest BCUT2D eigenvalue weighted by Gasteiger charge is 2.48. The molecule has 4 atom stereocenters. The van der Waals surface area contributed by atoms with Crippen molar-refractivity contribution in [1.29, 1.82) is 0 Å². The summed E-state index contributed by atoms with van der Waals surface area (Å²) in [5.74, 6) is 0. The molecule has 0 radical (unpaired) electrons. The number of aromatic amines is 1. The second-order valence-electron chi connectivity index (χ2n) is 6.55. The minimum atomic E-state index is -4.26. The Morgan fingerprint density at radius 1 is 1.25 bits per heavy atom. The zero-order valence-corrected chi connectivity index (χ0v) is 15.9. The third kappa shape index (κ3) is 3.80. The fourth-order valence-electron chi connectivity index (χ4n) is 2.95. The van der Waals surface area contributed by atoms with Crippen LogP contribution in [0.5, 0.6) is 0 Å². The van der Waals surface area contributed by atoms with Crippen molar-refractivity contribution in [3.63, 3.8) is 0 Å². The highest BCUT2D eigenvalue weighted by atomic mass is 32.2. The molecule has 3 rings (SSSR count). The fourth-order valence-corrected chi connectivity index (χ4v) is 4.07. The van der Waals surface area contributed by atoms with E-state index in [0.29, 0.717) is 0 Å². The molecule has 0 amide bonds. The number of aliphatic hydroxyl groups excluding tert-OH is 2. The van der Waals surface area contributed by atoms with Crippen molar-refractivity contribution in [1.82, 2.24) is 9.55 Å². The van der Waals surface area contributed by atoms with Crippen LogP contribution >= 0.6 is 0 Å². The number of nitrogens with one attached hydrogen (secondary N) is 1. The van der Waals surface area contributed by atoms with E-state index < -0.39 is 52.4 Å². The lowest BCUT2D eigenvalue weighted by Crippen LogP contribution is -2.38. The summed E-state index contributed by atoms with van der Waals surface area (Å²) in [6.07, 6.45) is -4.32. The first kappa shape index (κ1) is 20.4. The first-order valence-electron chi connectivity index (χ1n) is 8.38. The molecule has 28 heavy (non-hydrogen) atoms. The van der Waals surface area contributed by atoms with Gasteiger partial charge in [-0.3, -0.25) is 14.0 Å². The van der Waals surface area contributed by atoms with Crippen LogP contribution in [-0.4, -0.2) is 53.1 Å². The normalized spacial score (nSPS) is 25.1. The number of ether oxygens (including phenoxy) is 1. The van der Waals surface area contributed by atoms with E-state index in [-0.39, 0.29) is 10.5 Å². The lowest BCUT2D eigenvalue weighted by atomic mass is 10.0. The number of aromatic nitrogens is 2. The molecule has 1 aliphatic heterocycles. The first-order chi connectivity index (χ1) is 13.1. The number of benzene rings is 1. The van der Waals surface area contributed by atoms with E-state index in [9.17, 15) is 28.2 Å². The van der Waals surface area contributed by atoms with Gasteiger partial charge in [0.15, 0.2) is 0 Å². The van der Waals surface area contributed by atoms with Crippen molar-refractivity contribution in [3.05, 3.63) is 62.4 Å². The lowest BCUT2D eigenvalue weighted by molar-refractivity contribution is -0.0187. The maximum Gasteiger partial charge on any atom is 0.328 e. The molecule has 1 aliphatic rings. The van der Waals surface area contributed by atoms with Gasteiger partial charge in [-0.05, 0) is 19.1 Å². The maximum absolute atomic E-state index is 12.5. The average Bonchev–Trinajstić information content (AvgIpc) is 2.94. The molecule has 1 aromatic heterocycles. The van der Waals surface area contributed by atoms with Gasteiger partial charge in [0, 0.05) is 13.2 Å². The predicted molar refractivity (Wildman–Crippen MR) is 96.2 cm³/mol. The molecule has 0 bridgehead atoms. The standard InChI is InChI=1S/C17H20N2O8S/c1-9-3-5-10(6-4-9)28(24,25)27-15-12(8-20)26-14(13(15)21)11-7-19(2)17(23)18-16(11)22/h3-7,12-15,20-21H,8H2,1-2H3,(H,18,22,23)/t12-,13+,14+,15-/m1/s1. The molecule has 10 nitrogen and oxygen atoms in total. The lowest BCUT2D eigenvalue weighted by Gasteiger charge is -2.19. The van der Waals surface area contributed by atoms with E-state index in [2.05, 4.69) is 4.98 Å². The molecule has 1 aromatic carbocycles.